The third-order valence-electron chi connectivity index (χ3n) is 2.86. The summed E-state index contributed by atoms with van der Waals surface area (Å²) in [7, 11) is 0. The lowest BCUT2D eigenvalue weighted by Crippen LogP contribution is -2.50. The highest BCUT2D eigenvalue weighted by atomic mass is 16.5. The first kappa shape index (κ1) is 15.7. The van der Waals surface area contributed by atoms with E-state index in [4.69, 9.17) is 15.2 Å². The number of hydrogen-bond donors (Lipinski definition) is 2. The summed E-state index contributed by atoms with van der Waals surface area (Å²) in [6, 6.07) is -0.0498. The zero-order chi connectivity index (χ0) is 14.1. The number of nitrogens with zero attached hydrogens (tertiary/aromatic N) is 1. The van der Waals surface area contributed by atoms with Gasteiger partial charge in [-0.1, -0.05) is 0 Å². The first-order chi connectivity index (χ1) is 9.17. The van der Waals surface area contributed by atoms with Gasteiger partial charge in [0.25, 0.3) is 0 Å². The molecule has 0 aromatic heterocycles. The summed E-state index contributed by atoms with van der Waals surface area (Å²) in [5.74, 6) is -0.0659. The average Bonchev–Trinajstić information content (AvgIpc) is 2.39. The molecule has 0 aromatic carbocycles. The van der Waals surface area contributed by atoms with Crippen molar-refractivity contribution in [3.05, 3.63) is 0 Å². The summed E-state index contributed by atoms with van der Waals surface area (Å²) < 4.78 is 9.95. The lowest BCUT2D eigenvalue weighted by atomic mass is 10.1. The number of carbonyl (C=O) groups is 2. The molecule has 110 valence electrons. The summed E-state index contributed by atoms with van der Waals surface area (Å²) in [5, 5.41) is 2.76. The topological polar surface area (TPSA) is 93.9 Å². The van der Waals surface area contributed by atoms with E-state index in [-0.39, 0.29) is 18.6 Å². The molecule has 7 heteroatoms. The maximum Gasteiger partial charge on any atom is 0.407 e. The number of alkyl carbamates (subject to hydrolysis) is 1. The van der Waals surface area contributed by atoms with Crippen LogP contribution in [0.4, 0.5) is 4.79 Å². The van der Waals surface area contributed by atoms with Gasteiger partial charge in [-0.15, -0.1) is 0 Å². The number of rotatable bonds is 6. The van der Waals surface area contributed by atoms with E-state index in [2.05, 4.69) is 5.32 Å². The lowest BCUT2D eigenvalue weighted by molar-refractivity contribution is -0.137. The van der Waals surface area contributed by atoms with Crippen molar-refractivity contribution in [1.82, 2.24) is 10.2 Å². The van der Waals surface area contributed by atoms with E-state index in [0.29, 0.717) is 32.8 Å². The van der Waals surface area contributed by atoms with E-state index >= 15 is 0 Å². The van der Waals surface area contributed by atoms with E-state index in [9.17, 15) is 9.59 Å². The van der Waals surface area contributed by atoms with Crippen LogP contribution in [0.5, 0.6) is 0 Å². The fraction of sp³-hybridized carbons (Fsp3) is 0.833. The van der Waals surface area contributed by atoms with E-state index in [1.165, 1.54) is 0 Å². The van der Waals surface area contributed by atoms with E-state index in [1.807, 2.05) is 0 Å². The molecule has 1 aliphatic heterocycles. The van der Waals surface area contributed by atoms with Crippen molar-refractivity contribution in [3.63, 3.8) is 0 Å². The van der Waals surface area contributed by atoms with Gasteiger partial charge in [-0.2, -0.15) is 0 Å². The normalized spacial score (nSPS) is 19.1. The Morgan fingerprint density at radius 2 is 2.26 bits per heavy atom. The van der Waals surface area contributed by atoms with Crippen LogP contribution in [0, 0.1) is 0 Å². The Morgan fingerprint density at radius 3 is 2.95 bits per heavy atom. The van der Waals surface area contributed by atoms with Gasteiger partial charge in [-0.05, 0) is 19.8 Å². The molecular formula is C12H23N3O4. The second kappa shape index (κ2) is 8.71. The van der Waals surface area contributed by atoms with Crippen molar-refractivity contribution in [3.8, 4) is 0 Å². The highest BCUT2D eigenvalue weighted by Gasteiger charge is 2.24. The van der Waals surface area contributed by atoms with Gasteiger partial charge >= 0.3 is 6.09 Å². The second-order valence-electron chi connectivity index (χ2n) is 4.38. The Balaban J connectivity index is 2.32. The maximum atomic E-state index is 11.8. The maximum absolute atomic E-state index is 11.8. The number of nitrogens with two attached hydrogens (primary N) is 1. The van der Waals surface area contributed by atoms with Crippen molar-refractivity contribution < 1.29 is 19.1 Å². The molecule has 1 atom stereocenters. The van der Waals surface area contributed by atoms with E-state index < -0.39 is 6.09 Å². The van der Waals surface area contributed by atoms with Gasteiger partial charge in [0.15, 0.2) is 0 Å². The summed E-state index contributed by atoms with van der Waals surface area (Å²) in [4.78, 5) is 24.9. The predicted molar refractivity (Wildman–Crippen MR) is 69.6 cm³/mol. The Bertz CT molecular complexity index is 299. The van der Waals surface area contributed by atoms with Gasteiger partial charge in [0, 0.05) is 25.7 Å². The standard InChI is InChI=1S/C12H23N3O4/c1-2-19-12(17)14-10-4-3-6-15(8-10)11(16)9-18-7-5-13/h10H,2-9,13H2,1H3,(H,14,17). The number of likely N-dealkylation sites (tertiary alicyclic amines) is 1. The molecule has 0 aliphatic carbocycles. The van der Waals surface area contributed by atoms with Gasteiger partial charge in [-0.3, -0.25) is 4.79 Å². The fourth-order valence-corrected chi connectivity index (χ4v) is 2.00. The summed E-state index contributed by atoms with van der Waals surface area (Å²) in [6.45, 7) is 4.13. The van der Waals surface area contributed by atoms with Crippen LogP contribution in [0.2, 0.25) is 0 Å². The number of amides is 2. The Labute approximate surface area is 113 Å². The second-order valence-corrected chi connectivity index (χ2v) is 4.38. The first-order valence-electron chi connectivity index (χ1n) is 6.66. The largest absolute Gasteiger partial charge is 0.450 e. The molecule has 0 spiro atoms. The molecule has 3 N–H and O–H groups in total. The van der Waals surface area contributed by atoms with Crippen LogP contribution < -0.4 is 11.1 Å². The van der Waals surface area contributed by atoms with E-state index in [1.54, 1.807) is 11.8 Å². The van der Waals surface area contributed by atoms with Gasteiger partial charge < -0.3 is 25.4 Å². The number of piperidine rings is 1. The summed E-state index contributed by atoms with van der Waals surface area (Å²) >= 11 is 0. The minimum absolute atomic E-state index is 0.0450. The van der Waals surface area contributed by atoms with Crippen molar-refractivity contribution >= 4 is 12.0 Å². The van der Waals surface area contributed by atoms with Crippen LogP contribution in [-0.4, -0.2) is 62.4 Å². The number of ether oxygens (including phenoxy) is 2. The molecular weight excluding hydrogens is 250 g/mol. The van der Waals surface area contributed by atoms with Crippen LogP contribution in [0.3, 0.4) is 0 Å². The van der Waals surface area contributed by atoms with Crippen LogP contribution in [0.25, 0.3) is 0 Å². The zero-order valence-corrected chi connectivity index (χ0v) is 11.4. The van der Waals surface area contributed by atoms with Crippen LogP contribution in [0.1, 0.15) is 19.8 Å². The molecule has 1 saturated heterocycles. The fourth-order valence-electron chi connectivity index (χ4n) is 2.00. The average molecular weight is 273 g/mol. The van der Waals surface area contributed by atoms with Crippen molar-refractivity contribution in [1.29, 1.82) is 0 Å². The lowest BCUT2D eigenvalue weighted by Gasteiger charge is -2.32. The molecule has 1 heterocycles. The molecule has 19 heavy (non-hydrogen) atoms. The number of hydrogen-bond acceptors (Lipinski definition) is 5. The first-order valence-corrected chi connectivity index (χ1v) is 6.66. The smallest absolute Gasteiger partial charge is 0.407 e. The quantitative estimate of drug-likeness (QED) is 0.648. The zero-order valence-electron chi connectivity index (χ0n) is 11.4. The number of carbonyl (C=O) groups excluding carboxylic acids is 2. The molecule has 0 radical (unpaired) electrons. The predicted octanol–water partition coefficient (Wildman–Crippen LogP) is -0.301. The molecule has 2 amide bonds. The molecule has 7 nitrogen and oxygen atoms in total. The van der Waals surface area contributed by atoms with Crippen molar-refractivity contribution in [2.75, 3.05) is 39.5 Å². The molecule has 1 unspecified atom stereocenters. The molecule has 0 bridgehead atoms. The van der Waals surface area contributed by atoms with Crippen LogP contribution >= 0.6 is 0 Å². The van der Waals surface area contributed by atoms with Gasteiger partial charge in [-0.25, -0.2) is 4.79 Å². The van der Waals surface area contributed by atoms with Gasteiger partial charge in [0.05, 0.1) is 13.2 Å². The number of nitrogens with one attached hydrogen (secondary N) is 1. The van der Waals surface area contributed by atoms with Crippen LogP contribution in [-0.2, 0) is 14.3 Å². The summed E-state index contributed by atoms with van der Waals surface area (Å²) in [6.07, 6.45) is 1.28. The van der Waals surface area contributed by atoms with Crippen LogP contribution in [0.15, 0.2) is 0 Å². The van der Waals surface area contributed by atoms with Crippen molar-refractivity contribution in [2.45, 2.75) is 25.8 Å². The van der Waals surface area contributed by atoms with Gasteiger partial charge in [0.2, 0.25) is 5.91 Å². The molecule has 1 rings (SSSR count). The highest BCUT2D eigenvalue weighted by molar-refractivity contribution is 5.77. The Hall–Kier alpha value is -1.34. The molecule has 1 fully saturated rings. The van der Waals surface area contributed by atoms with E-state index in [0.717, 1.165) is 12.8 Å². The minimum atomic E-state index is -0.429. The van der Waals surface area contributed by atoms with Gasteiger partial charge in [0.1, 0.15) is 6.61 Å². The highest BCUT2D eigenvalue weighted by Crippen LogP contribution is 2.10. The molecule has 0 aromatic rings. The van der Waals surface area contributed by atoms with Crippen molar-refractivity contribution in [2.24, 2.45) is 5.73 Å². The Kier molecular flexibility index (Phi) is 7.20. The SMILES string of the molecule is CCOC(=O)NC1CCCN(C(=O)COCCN)C1. The Morgan fingerprint density at radius 1 is 1.47 bits per heavy atom. The molecule has 1 aliphatic rings. The third-order valence-corrected chi connectivity index (χ3v) is 2.86. The molecule has 0 saturated carbocycles. The summed E-state index contributed by atoms with van der Waals surface area (Å²) in [5.41, 5.74) is 5.29. The monoisotopic (exact) mass is 273 g/mol. The minimum Gasteiger partial charge on any atom is -0.450 e. The third kappa shape index (κ3) is 5.89.